The highest BCUT2D eigenvalue weighted by molar-refractivity contribution is 7.91. The predicted octanol–water partition coefficient (Wildman–Crippen LogP) is 2.23. The van der Waals surface area contributed by atoms with Crippen molar-refractivity contribution in [3.05, 3.63) is 0 Å². The predicted molar refractivity (Wildman–Crippen MR) is 72.9 cm³/mol. The minimum absolute atomic E-state index is 0.338. The first kappa shape index (κ1) is 15.0. The monoisotopic (exact) mass is 261 g/mol. The van der Waals surface area contributed by atoms with Crippen LogP contribution in [0.5, 0.6) is 0 Å². The van der Waals surface area contributed by atoms with Crippen LogP contribution in [0.15, 0.2) is 0 Å². The van der Waals surface area contributed by atoms with E-state index in [4.69, 9.17) is 0 Å². The van der Waals surface area contributed by atoms with Crippen LogP contribution in [-0.2, 0) is 9.84 Å². The second-order valence-corrected chi connectivity index (χ2v) is 7.92. The Morgan fingerprint density at radius 3 is 2.47 bits per heavy atom. The van der Waals surface area contributed by atoms with Gasteiger partial charge in [0.2, 0.25) is 0 Å². The summed E-state index contributed by atoms with van der Waals surface area (Å²) < 4.78 is 23.1. The Kier molecular flexibility index (Phi) is 5.93. The summed E-state index contributed by atoms with van der Waals surface area (Å²) in [5.74, 6) is 1.82. The maximum Gasteiger partial charge on any atom is 0.150 e. The van der Waals surface area contributed by atoms with Crippen molar-refractivity contribution in [2.24, 2.45) is 11.8 Å². The highest BCUT2D eigenvalue weighted by Gasteiger charge is 2.33. The van der Waals surface area contributed by atoms with E-state index in [0.717, 1.165) is 25.8 Å². The summed E-state index contributed by atoms with van der Waals surface area (Å²) in [6.45, 7) is 7.60. The first-order valence-corrected chi connectivity index (χ1v) is 8.70. The van der Waals surface area contributed by atoms with Gasteiger partial charge < -0.3 is 5.32 Å². The Labute approximate surface area is 106 Å². The maximum absolute atomic E-state index is 11.5. The molecule has 2 unspecified atom stereocenters. The third kappa shape index (κ3) is 5.38. The smallest absolute Gasteiger partial charge is 0.150 e. The normalized spacial score (nSPS) is 25.3. The largest absolute Gasteiger partial charge is 0.314 e. The molecule has 0 aromatic carbocycles. The molecule has 17 heavy (non-hydrogen) atoms. The van der Waals surface area contributed by atoms with Crippen molar-refractivity contribution in [3.8, 4) is 0 Å². The topological polar surface area (TPSA) is 46.2 Å². The molecule has 3 nitrogen and oxygen atoms in total. The van der Waals surface area contributed by atoms with Crippen LogP contribution in [0.3, 0.4) is 0 Å². The molecule has 0 aromatic heterocycles. The molecule has 4 heteroatoms. The van der Waals surface area contributed by atoms with Crippen LogP contribution in [0.2, 0.25) is 0 Å². The van der Waals surface area contributed by atoms with E-state index in [0.29, 0.717) is 29.4 Å². The lowest BCUT2D eigenvalue weighted by molar-refractivity contribution is 0.338. The maximum atomic E-state index is 11.5. The Hall–Kier alpha value is -0.0900. The van der Waals surface area contributed by atoms with Gasteiger partial charge in [-0.2, -0.15) is 0 Å². The van der Waals surface area contributed by atoms with Gasteiger partial charge in [-0.05, 0) is 44.1 Å². The van der Waals surface area contributed by atoms with E-state index in [1.54, 1.807) is 0 Å². The summed E-state index contributed by atoms with van der Waals surface area (Å²) in [7, 11) is -2.74. The van der Waals surface area contributed by atoms with E-state index in [1.165, 1.54) is 6.42 Å². The van der Waals surface area contributed by atoms with Crippen LogP contribution >= 0.6 is 0 Å². The lowest BCUT2D eigenvalue weighted by atomic mass is 9.92. The number of hydrogen-bond acceptors (Lipinski definition) is 3. The van der Waals surface area contributed by atoms with E-state index < -0.39 is 9.84 Å². The van der Waals surface area contributed by atoms with Crippen LogP contribution in [0.1, 0.15) is 46.5 Å². The number of nitrogens with one attached hydrogen (secondary N) is 1. The molecule has 0 bridgehead atoms. The number of rotatable bonds is 7. The van der Waals surface area contributed by atoms with Gasteiger partial charge in [0.1, 0.15) is 0 Å². The summed E-state index contributed by atoms with van der Waals surface area (Å²) >= 11 is 0. The molecule has 0 radical (unpaired) electrons. The van der Waals surface area contributed by atoms with Crippen molar-refractivity contribution in [1.29, 1.82) is 0 Å². The minimum atomic E-state index is -2.74. The van der Waals surface area contributed by atoms with Gasteiger partial charge in [-0.3, -0.25) is 0 Å². The van der Waals surface area contributed by atoms with Gasteiger partial charge in [-0.15, -0.1) is 0 Å². The zero-order valence-corrected chi connectivity index (χ0v) is 12.2. The molecular formula is C13H27NO2S. The zero-order chi connectivity index (χ0) is 12.9. The lowest BCUT2D eigenvalue weighted by Crippen LogP contribution is -2.37. The number of sulfone groups is 1. The first-order chi connectivity index (χ1) is 7.94. The van der Waals surface area contributed by atoms with E-state index >= 15 is 0 Å². The Morgan fingerprint density at radius 1 is 1.29 bits per heavy atom. The fraction of sp³-hybridized carbons (Fsp3) is 1.00. The third-order valence-electron chi connectivity index (χ3n) is 3.55. The molecule has 1 aliphatic heterocycles. The lowest BCUT2D eigenvalue weighted by Gasteiger charge is -2.24. The highest BCUT2D eigenvalue weighted by Crippen LogP contribution is 2.25. The van der Waals surface area contributed by atoms with Crippen molar-refractivity contribution < 1.29 is 8.42 Å². The first-order valence-electron chi connectivity index (χ1n) is 6.88. The average molecular weight is 261 g/mol. The van der Waals surface area contributed by atoms with Crippen LogP contribution in [0, 0.1) is 11.8 Å². The van der Waals surface area contributed by atoms with Crippen molar-refractivity contribution in [2.45, 2.75) is 52.5 Å². The van der Waals surface area contributed by atoms with Crippen molar-refractivity contribution in [2.75, 3.05) is 18.1 Å². The van der Waals surface area contributed by atoms with Crippen LogP contribution in [0.4, 0.5) is 0 Å². The molecule has 1 fully saturated rings. The van der Waals surface area contributed by atoms with E-state index in [1.807, 2.05) is 0 Å². The quantitative estimate of drug-likeness (QED) is 0.764. The third-order valence-corrected chi connectivity index (χ3v) is 5.34. The molecule has 2 atom stereocenters. The van der Waals surface area contributed by atoms with Gasteiger partial charge in [0.25, 0.3) is 0 Å². The fourth-order valence-electron chi connectivity index (χ4n) is 2.49. The Balaban J connectivity index is 2.50. The molecule has 1 rings (SSSR count). The van der Waals surface area contributed by atoms with E-state index in [9.17, 15) is 8.42 Å². The summed E-state index contributed by atoms with van der Waals surface area (Å²) in [6.07, 6.45) is 4.25. The molecule has 0 amide bonds. The Bertz CT molecular complexity index is 311. The van der Waals surface area contributed by atoms with Gasteiger partial charge >= 0.3 is 0 Å². The molecule has 1 aliphatic rings. The highest BCUT2D eigenvalue weighted by atomic mass is 32.2. The molecule has 0 spiro atoms. The molecule has 0 saturated carbocycles. The zero-order valence-electron chi connectivity index (χ0n) is 11.4. The molecule has 0 aliphatic carbocycles. The van der Waals surface area contributed by atoms with Crippen LogP contribution < -0.4 is 5.32 Å². The standard InChI is InChI=1S/C13H27NO2S/c1-4-8-14-13(6-5-11(2)3)12-7-9-17(15,16)10-12/h11-14H,4-10H2,1-3H3. The van der Waals surface area contributed by atoms with Gasteiger partial charge in [-0.25, -0.2) is 8.42 Å². The fourth-order valence-corrected chi connectivity index (χ4v) is 4.37. The van der Waals surface area contributed by atoms with Crippen molar-refractivity contribution >= 4 is 9.84 Å². The molecule has 1 saturated heterocycles. The van der Waals surface area contributed by atoms with E-state index in [-0.39, 0.29) is 0 Å². The average Bonchev–Trinajstić information content (AvgIpc) is 2.58. The van der Waals surface area contributed by atoms with Gasteiger partial charge in [-0.1, -0.05) is 20.8 Å². The summed E-state index contributed by atoms with van der Waals surface area (Å²) in [5, 5.41) is 3.54. The van der Waals surface area contributed by atoms with Gasteiger partial charge in [0.15, 0.2) is 9.84 Å². The Morgan fingerprint density at radius 2 is 2.00 bits per heavy atom. The molecule has 102 valence electrons. The molecular weight excluding hydrogens is 234 g/mol. The van der Waals surface area contributed by atoms with E-state index in [2.05, 4.69) is 26.1 Å². The molecule has 0 aromatic rings. The SMILES string of the molecule is CCCNC(CCC(C)C)C1CCS(=O)(=O)C1. The number of hydrogen-bond donors (Lipinski definition) is 1. The van der Waals surface area contributed by atoms with Crippen molar-refractivity contribution in [1.82, 2.24) is 5.32 Å². The molecule has 1 N–H and O–H groups in total. The van der Waals surface area contributed by atoms with Crippen molar-refractivity contribution in [3.63, 3.8) is 0 Å². The molecule has 1 heterocycles. The van der Waals surface area contributed by atoms with Gasteiger partial charge in [0.05, 0.1) is 11.5 Å². The summed E-state index contributed by atoms with van der Waals surface area (Å²) in [5.41, 5.74) is 0. The summed E-state index contributed by atoms with van der Waals surface area (Å²) in [4.78, 5) is 0. The summed E-state index contributed by atoms with van der Waals surface area (Å²) in [6, 6.07) is 0.398. The second kappa shape index (κ2) is 6.74. The second-order valence-electron chi connectivity index (χ2n) is 5.69. The van der Waals surface area contributed by atoms with Crippen LogP contribution in [0.25, 0.3) is 0 Å². The van der Waals surface area contributed by atoms with Crippen LogP contribution in [-0.4, -0.2) is 32.5 Å². The van der Waals surface area contributed by atoms with Gasteiger partial charge in [0, 0.05) is 6.04 Å². The minimum Gasteiger partial charge on any atom is -0.314 e.